The van der Waals surface area contributed by atoms with Crippen LogP contribution >= 0.6 is 22.9 Å². The molecule has 6 rings (SSSR count). The topological polar surface area (TPSA) is 151 Å². The largest absolute Gasteiger partial charge is 0.491 e. The molecule has 49 heavy (non-hydrogen) atoms. The summed E-state index contributed by atoms with van der Waals surface area (Å²) in [6, 6.07) is 8.76. The molecule has 254 valence electrons. The Morgan fingerprint density at radius 2 is 1.96 bits per heavy atom. The Morgan fingerprint density at radius 1 is 1.20 bits per heavy atom. The molecule has 0 aliphatic carbocycles. The van der Waals surface area contributed by atoms with Crippen LogP contribution in [0.3, 0.4) is 0 Å². The molecule has 4 aromatic heterocycles. The standard InChI is InChI=1S/C33H27ClF2N6O5S.CH4/c1-17-40-24-14-39-28(30(43)18-5-8-41(9-6-18)15-26(35)36)22(13-37)27(24)32(44)42(17)10-11-47-25-3-2-19(34)12-21(25)20-4-7-38-29-23(33(45)46)16-48-31(20)29;/h2-4,7,12,14,16,18,26H,5-6,8-11,15H2,1H3,(H,45,46);1H4. The van der Waals surface area contributed by atoms with Gasteiger partial charge < -0.3 is 9.84 Å². The highest BCUT2D eigenvalue weighted by Crippen LogP contribution is 2.39. The molecule has 1 aromatic carbocycles. The molecule has 1 aliphatic heterocycles. The number of halogens is 3. The molecule has 0 saturated carbocycles. The molecule has 1 aliphatic rings. The summed E-state index contributed by atoms with van der Waals surface area (Å²) in [5.74, 6) is -1.21. The molecule has 0 atom stereocenters. The number of alkyl halides is 2. The SMILES string of the molecule is C.Cc1nc2cnc(C(=O)C3CCN(CC(F)F)CC3)c(C#N)c2c(=O)n1CCOc1ccc(Cl)cc1-c1ccnc2c(C(=O)O)csc12. The van der Waals surface area contributed by atoms with Crippen LogP contribution in [0.4, 0.5) is 8.78 Å². The summed E-state index contributed by atoms with van der Waals surface area (Å²) < 4.78 is 33.8. The van der Waals surface area contributed by atoms with E-state index in [1.807, 2.05) is 6.07 Å². The van der Waals surface area contributed by atoms with Crippen LogP contribution < -0.4 is 10.3 Å². The molecule has 0 radical (unpaired) electrons. The van der Waals surface area contributed by atoms with Crippen molar-refractivity contribution in [3.05, 3.63) is 80.1 Å². The Morgan fingerprint density at radius 3 is 2.65 bits per heavy atom. The number of fused-ring (bicyclic) bond motifs is 2. The highest BCUT2D eigenvalue weighted by molar-refractivity contribution is 7.18. The van der Waals surface area contributed by atoms with E-state index in [0.29, 0.717) is 63.9 Å². The third-order valence-corrected chi connectivity index (χ3v) is 9.62. The van der Waals surface area contributed by atoms with Crippen LogP contribution in [0.2, 0.25) is 5.02 Å². The fourth-order valence-electron chi connectivity index (χ4n) is 6.03. The zero-order chi connectivity index (χ0) is 34.1. The molecule has 15 heteroatoms. The number of aryl methyl sites for hydroxylation is 1. The Hall–Kier alpha value is -4.84. The maximum absolute atomic E-state index is 13.8. The van der Waals surface area contributed by atoms with Crippen LogP contribution in [0.25, 0.3) is 32.2 Å². The lowest BCUT2D eigenvalue weighted by Gasteiger charge is -2.30. The van der Waals surface area contributed by atoms with Crippen LogP contribution in [0, 0.1) is 24.2 Å². The van der Waals surface area contributed by atoms with E-state index in [0.717, 1.165) is 0 Å². The first-order valence-electron chi connectivity index (χ1n) is 14.9. The number of nitriles is 1. The highest BCUT2D eigenvalue weighted by Gasteiger charge is 2.30. The van der Waals surface area contributed by atoms with Gasteiger partial charge in [-0.1, -0.05) is 19.0 Å². The number of aromatic carboxylic acids is 1. The Kier molecular flexibility index (Phi) is 10.7. The first-order valence-corrected chi connectivity index (χ1v) is 16.2. The number of thiophene rings is 1. The number of aromatic nitrogens is 4. The number of ether oxygens (including phenoxy) is 1. The number of carboxylic acid groups (broad SMARTS) is 1. The number of pyridine rings is 2. The third-order valence-electron chi connectivity index (χ3n) is 8.38. The summed E-state index contributed by atoms with van der Waals surface area (Å²) in [4.78, 5) is 53.5. The monoisotopic (exact) mass is 708 g/mol. The van der Waals surface area contributed by atoms with Gasteiger partial charge in [0.1, 0.15) is 29.9 Å². The van der Waals surface area contributed by atoms with E-state index in [1.54, 1.807) is 36.1 Å². The number of hydrogen-bond donors (Lipinski definition) is 1. The molecule has 1 fully saturated rings. The van der Waals surface area contributed by atoms with Gasteiger partial charge in [-0.05, 0) is 57.1 Å². The summed E-state index contributed by atoms with van der Waals surface area (Å²) >= 11 is 7.58. The second kappa shape index (κ2) is 14.7. The number of nitrogens with zero attached hydrogens (tertiary/aromatic N) is 6. The molecule has 0 amide bonds. The molecular formula is C34H31ClF2N6O5S. The average Bonchev–Trinajstić information content (AvgIpc) is 3.51. The quantitative estimate of drug-likeness (QED) is 0.160. The fraction of sp³-hybridized carbons (Fsp3) is 0.324. The summed E-state index contributed by atoms with van der Waals surface area (Å²) in [7, 11) is 0. The van der Waals surface area contributed by atoms with Crippen molar-refractivity contribution < 1.29 is 28.2 Å². The number of carboxylic acids is 1. The minimum atomic E-state index is -2.46. The van der Waals surface area contributed by atoms with Crippen molar-refractivity contribution in [2.24, 2.45) is 5.92 Å². The maximum atomic E-state index is 13.8. The van der Waals surface area contributed by atoms with E-state index in [2.05, 4.69) is 15.0 Å². The van der Waals surface area contributed by atoms with Crippen molar-refractivity contribution in [2.45, 2.75) is 40.2 Å². The summed E-state index contributed by atoms with van der Waals surface area (Å²) in [6.07, 6.45) is 1.04. The average molecular weight is 709 g/mol. The zero-order valence-electron chi connectivity index (χ0n) is 25.5. The molecule has 0 bridgehead atoms. The molecular weight excluding hydrogens is 678 g/mol. The number of likely N-dealkylation sites (tertiary alicyclic amines) is 1. The molecule has 1 N–H and O–H groups in total. The van der Waals surface area contributed by atoms with Crippen molar-refractivity contribution in [3.63, 3.8) is 0 Å². The Bertz CT molecular complexity index is 2170. The second-order valence-electron chi connectivity index (χ2n) is 11.3. The van der Waals surface area contributed by atoms with Crippen molar-refractivity contribution in [3.8, 4) is 22.9 Å². The second-order valence-corrected chi connectivity index (χ2v) is 12.6. The van der Waals surface area contributed by atoms with Crippen molar-refractivity contribution in [1.29, 1.82) is 5.26 Å². The lowest BCUT2D eigenvalue weighted by Crippen LogP contribution is -2.39. The third kappa shape index (κ3) is 7.01. The molecule has 0 unspecified atom stereocenters. The van der Waals surface area contributed by atoms with Gasteiger partial charge in [0.25, 0.3) is 12.0 Å². The molecule has 1 saturated heterocycles. The van der Waals surface area contributed by atoms with Crippen LogP contribution in [0.15, 0.2) is 46.8 Å². The Balaban J connectivity index is 0.00000468. The van der Waals surface area contributed by atoms with Gasteiger partial charge in [-0.2, -0.15) is 5.26 Å². The summed E-state index contributed by atoms with van der Waals surface area (Å²) in [5, 5.41) is 21.6. The predicted molar refractivity (Wildman–Crippen MR) is 182 cm³/mol. The summed E-state index contributed by atoms with van der Waals surface area (Å²) in [6.45, 7) is 1.98. The van der Waals surface area contributed by atoms with Gasteiger partial charge >= 0.3 is 5.97 Å². The number of piperidine rings is 1. The number of carbonyl (C=O) groups is 2. The number of benzene rings is 1. The van der Waals surface area contributed by atoms with E-state index >= 15 is 0 Å². The van der Waals surface area contributed by atoms with Crippen molar-refractivity contribution >= 4 is 55.8 Å². The first kappa shape index (κ1) is 35.5. The predicted octanol–water partition coefficient (Wildman–Crippen LogP) is 6.47. The van der Waals surface area contributed by atoms with Crippen LogP contribution in [0.1, 0.15) is 52.5 Å². The smallest absolute Gasteiger partial charge is 0.338 e. The van der Waals surface area contributed by atoms with Crippen LogP contribution in [-0.2, 0) is 6.54 Å². The Labute approximate surface area is 288 Å². The summed E-state index contributed by atoms with van der Waals surface area (Å²) in [5.41, 5.74) is 1.06. The number of hydrogen-bond acceptors (Lipinski definition) is 10. The van der Waals surface area contributed by atoms with Gasteiger partial charge in [-0.15, -0.1) is 11.3 Å². The number of rotatable bonds is 10. The zero-order valence-corrected chi connectivity index (χ0v) is 27.0. The van der Waals surface area contributed by atoms with Gasteiger partial charge in [-0.25, -0.2) is 23.5 Å². The lowest BCUT2D eigenvalue weighted by atomic mass is 9.89. The normalized spacial score (nSPS) is 13.8. The van der Waals surface area contributed by atoms with Gasteiger partial charge in [-0.3, -0.25) is 24.0 Å². The van der Waals surface area contributed by atoms with Gasteiger partial charge in [0.05, 0.1) is 51.5 Å². The minimum absolute atomic E-state index is 0. The highest BCUT2D eigenvalue weighted by atomic mass is 35.5. The molecule has 11 nitrogen and oxygen atoms in total. The minimum Gasteiger partial charge on any atom is -0.491 e. The van der Waals surface area contributed by atoms with E-state index in [4.69, 9.17) is 16.3 Å². The number of Topliss-reactive ketones (excluding diaryl/α,β-unsaturated/α-hetero) is 1. The van der Waals surface area contributed by atoms with Crippen LogP contribution in [-0.4, -0.2) is 73.9 Å². The molecule has 5 aromatic rings. The first-order chi connectivity index (χ1) is 23.1. The van der Waals surface area contributed by atoms with E-state index < -0.39 is 29.7 Å². The lowest BCUT2D eigenvalue weighted by molar-refractivity contribution is 0.0621. The van der Waals surface area contributed by atoms with E-state index in [-0.39, 0.29) is 54.8 Å². The number of carbonyl (C=O) groups excluding carboxylic acids is 1. The fourth-order valence-corrected chi connectivity index (χ4v) is 7.23. The van der Waals surface area contributed by atoms with Crippen molar-refractivity contribution in [1.82, 2.24) is 24.4 Å². The van der Waals surface area contributed by atoms with Crippen LogP contribution in [0.5, 0.6) is 5.75 Å². The van der Waals surface area contributed by atoms with Gasteiger partial charge in [0, 0.05) is 33.6 Å². The van der Waals surface area contributed by atoms with Gasteiger partial charge in [0.2, 0.25) is 0 Å². The molecule has 0 spiro atoms. The van der Waals surface area contributed by atoms with Gasteiger partial charge in [0.15, 0.2) is 5.78 Å². The van der Waals surface area contributed by atoms with E-state index in [1.165, 1.54) is 33.7 Å². The van der Waals surface area contributed by atoms with Crippen molar-refractivity contribution in [2.75, 3.05) is 26.2 Å². The van der Waals surface area contributed by atoms with E-state index in [9.17, 15) is 33.5 Å². The number of ketones is 1. The molecule has 5 heterocycles. The maximum Gasteiger partial charge on any atom is 0.338 e.